The van der Waals surface area contributed by atoms with E-state index in [1.807, 2.05) is 18.2 Å². The molecule has 0 radical (unpaired) electrons. The van der Waals surface area contributed by atoms with Crippen molar-refractivity contribution >= 4 is 33.6 Å². The summed E-state index contributed by atoms with van der Waals surface area (Å²) in [5, 5.41) is 0. The summed E-state index contributed by atoms with van der Waals surface area (Å²) in [6.07, 6.45) is 0.582. The second-order valence-corrected chi connectivity index (χ2v) is 5.31. The summed E-state index contributed by atoms with van der Waals surface area (Å²) in [4.78, 5) is 14.1. The Labute approximate surface area is 103 Å². The van der Waals surface area contributed by atoms with Crippen LogP contribution in [0.25, 0.3) is 0 Å². The van der Waals surface area contributed by atoms with Gasteiger partial charge in [-0.1, -0.05) is 12.1 Å². The molecule has 15 heavy (non-hydrogen) atoms. The first kappa shape index (κ1) is 12.6. The first-order chi connectivity index (χ1) is 7.11. The molecule has 0 heterocycles. The number of thioether (sulfide) groups is 1. The SMILES string of the molecule is CN(C)C(=O)CCSc1ccccc1Br. The average molecular weight is 288 g/mol. The van der Waals surface area contributed by atoms with Crippen LogP contribution in [0.5, 0.6) is 0 Å². The van der Waals surface area contributed by atoms with Crippen LogP contribution in [0.2, 0.25) is 0 Å². The average Bonchev–Trinajstić information content (AvgIpc) is 2.20. The van der Waals surface area contributed by atoms with Crippen LogP contribution in [-0.2, 0) is 4.79 Å². The number of carbonyl (C=O) groups excluding carboxylic acids is 1. The second-order valence-electron chi connectivity index (χ2n) is 3.32. The lowest BCUT2D eigenvalue weighted by atomic mass is 10.4. The number of rotatable bonds is 4. The van der Waals surface area contributed by atoms with Gasteiger partial charge in [-0.3, -0.25) is 4.79 Å². The molecule has 1 aromatic carbocycles. The predicted molar refractivity (Wildman–Crippen MR) is 68.2 cm³/mol. The summed E-state index contributed by atoms with van der Waals surface area (Å²) in [7, 11) is 3.57. The maximum absolute atomic E-state index is 11.3. The molecule has 0 unspecified atom stereocenters. The van der Waals surface area contributed by atoms with E-state index in [1.165, 1.54) is 4.90 Å². The maximum atomic E-state index is 11.3. The van der Waals surface area contributed by atoms with Gasteiger partial charge in [0.1, 0.15) is 0 Å². The van der Waals surface area contributed by atoms with Crippen molar-refractivity contribution in [1.82, 2.24) is 4.90 Å². The van der Waals surface area contributed by atoms with E-state index < -0.39 is 0 Å². The molecule has 0 aromatic heterocycles. The van der Waals surface area contributed by atoms with Crippen LogP contribution in [0.15, 0.2) is 33.6 Å². The lowest BCUT2D eigenvalue weighted by molar-refractivity contribution is -0.128. The van der Waals surface area contributed by atoms with Gasteiger partial charge in [0.15, 0.2) is 0 Å². The highest BCUT2D eigenvalue weighted by Gasteiger charge is 2.04. The van der Waals surface area contributed by atoms with E-state index in [2.05, 4.69) is 22.0 Å². The van der Waals surface area contributed by atoms with Crippen molar-refractivity contribution in [3.05, 3.63) is 28.7 Å². The summed E-state index contributed by atoms with van der Waals surface area (Å²) < 4.78 is 1.09. The number of amides is 1. The van der Waals surface area contributed by atoms with Crippen LogP contribution < -0.4 is 0 Å². The Morgan fingerprint density at radius 1 is 1.40 bits per heavy atom. The van der Waals surface area contributed by atoms with Gasteiger partial charge in [-0.15, -0.1) is 11.8 Å². The Kier molecular flexibility index (Phi) is 5.19. The smallest absolute Gasteiger partial charge is 0.222 e. The number of nitrogens with zero attached hydrogens (tertiary/aromatic N) is 1. The summed E-state index contributed by atoms with van der Waals surface area (Å²) in [6, 6.07) is 8.05. The van der Waals surface area contributed by atoms with Gasteiger partial charge in [0.2, 0.25) is 5.91 Å². The van der Waals surface area contributed by atoms with Crippen molar-refractivity contribution in [3.8, 4) is 0 Å². The Morgan fingerprint density at radius 2 is 2.07 bits per heavy atom. The van der Waals surface area contributed by atoms with Gasteiger partial charge in [0.05, 0.1) is 0 Å². The molecule has 0 atom stereocenters. The van der Waals surface area contributed by atoms with Crippen LogP contribution in [0.1, 0.15) is 6.42 Å². The van der Waals surface area contributed by atoms with E-state index in [1.54, 1.807) is 30.8 Å². The lowest BCUT2D eigenvalue weighted by Gasteiger charge is -2.09. The van der Waals surface area contributed by atoms with Gasteiger partial charge in [-0.2, -0.15) is 0 Å². The van der Waals surface area contributed by atoms with E-state index in [4.69, 9.17) is 0 Å². The van der Waals surface area contributed by atoms with Crippen LogP contribution in [0.3, 0.4) is 0 Å². The molecular formula is C11H14BrNOS. The van der Waals surface area contributed by atoms with E-state index >= 15 is 0 Å². The Bertz CT molecular complexity index is 341. The van der Waals surface area contributed by atoms with Crippen molar-refractivity contribution < 1.29 is 4.79 Å². The summed E-state index contributed by atoms with van der Waals surface area (Å²) in [5.41, 5.74) is 0. The summed E-state index contributed by atoms with van der Waals surface area (Å²) in [6.45, 7) is 0. The minimum atomic E-state index is 0.176. The minimum absolute atomic E-state index is 0.176. The number of hydrogen-bond donors (Lipinski definition) is 0. The molecule has 1 aromatic rings. The minimum Gasteiger partial charge on any atom is -0.349 e. The van der Waals surface area contributed by atoms with Gasteiger partial charge in [0.25, 0.3) is 0 Å². The third-order valence-electron chi connectivity index (χ3n) is 1.91. The molecule has 82 valence electrons. The predicted octanol–water partition coefficient (Wildman–Crippen LogP) is 3.02. The number of carbonyl (C=O) groups is 1. The maximum Gasteiger partial charge on any atom is 0.222 e. The lowest BCUT2D eigenvalue weighted by Crippen LogP contribution is -2.21. The zero-order chi connectivity index (χ0) is 11.3. The quantitative estimate of drug-likeness (QED) is 0.794. The molecular weight excluding hydrogens is 274 g/mol. The number of benzene rings is 1. The first-order valence-electron chi connectivity index (χ1n) is 4.68. The van der Waals surface area contributed by atoms with Crippen molar-refractivity contribution in [2.45, 2.75) is 11.3 Å². The fourth-order valence-corrected chi connectivity index (χ4v) is 2.54. The standard InChI is InChI=1S/C11H14BrNOS/c1-13(2)11(14)7-8-15-10-6-4-3-5-9(10)12/h3-6H,7-8H2,1-2H3. The molecule has 0 aliphatic heterocycles. The van der Waals surface area contributed by atoms with Crippen LogP contribution in [0.4, 0.5) is 0 Å². The monoisotopic (exact) mass is 287 g/mol. The Hall–Kier alpha value is -0.480. The molecule has 4 heteroatoms. The van der Waals surface area contributed by atoms with Crippen molar-refractivity contribution in [2.24, 2.45) is 0 Å². The first-order valence-corrected chi connectivity index (χ1v) is 6.46. The second kappa shape index (κ2) is 6.18. The summed E-state index contributed by atoms with van der Waals surface area (Å²) >= 11 is 5.17. The fraction of sp³-hybridized carbons (Fsp3) is 0.364. The van der Waals surface area contributed by atoms with Gasteiger partial charge in [0, 0.05) is 35.6 Å². The highest BCUT2D eigenvalue weighted by atomic mass is 79.9. The zero-order valence-corrected chi connectivity index (χ0v) is 11.3. The molecule has 0 fully saturated rings. The molecule has 0 spiro atoms. The molecule has 1 rings (SSSR count). The van der Waals surface area contributed by atoms with Gasteiger partial charge >= 0.3 is 0 Å². The fourth-order valence-electron chi connectivity index (χ4n) is 1.03. The van der Waals surface area contributed by atoms with Gasteiger partial charge in [-0.25, -0.2) is 0 Å². The van der Waals surface area contributed by atoms with E-state index in [9.17, 15) is 4.79 Å². The molecule has 0 saturated heterocycles. The normalized spacial score (nSPS) is 10.1. The third-order valence-corrected chi connectivity index (χ3v) is 3.94. The molecule has 0 saturated carbocycles. The summed E-state index contributed by atoms with van der Waals surface area (Å²) in [5.74, 6) is 0.995. The highest BCUT2D eigenvalue weighted by molar-refractivity contribution is 9.10. The zero-order valence-electron chi connectivity index (χ0n) is 8.87. The van der Waals surface area contributed by atoms with Gasteiger partial charge < -0.3 is 4.90 Å². The molecule has 1 amide bonds. The topological polar surface area (TPSA) is 20.3 Å². The largest absolute Gasteiger partial charge is 0.349 e. The number of halogens is 1. The van der Waals surface area contributed by atoms with Crippen molar-refractivity contribution in [2.75, 3.05) is 19.8 Å². The van der Waals surface area contributed by atoms with E-state index in [0.29, 0.717) is 6.42 Å². The Morgan fingerprint density at radius 3 is 2.67 bits per heavy atom. The van der Waals surface area contributed by atoms with Crippen LogP contribution in [0, 0.1) is 0 Å². The molecule has 0 bridgehead atoms. The molecule has 0 N–H and O–H groups in total. The van der Waals surface area contributed by atoms with Crippen molar-refractivity contribution in [1.29, 1.82) is 0 Å². The molecule has 0 aliphatic rings. The number of hydrogen-bond acceptors (Lipinski definition) is 2. The molecule has 0 aliphatic carbocycles. The highest BCUT2D eigenvalue weighted by Crippen LogP contribution is 2.27. The van der Waals surface area contributed by atoms with E-state index in [-0.39, 0.29) is 5.91 Å². The van der Waals surface area contributed by atoms with Crippen LogP contribution >= 0.6 is 27.7 Å². The van der Waals surface area contributed by atoms with E-state index in [0.717, 1.165) is 10.2 Å². The Balaban J connectivity index is 2.38. The third kappa shape index (κ3) is 4.26. The molecule has 2 nitrogen and oxygen atoms in total. The van der Waals surface area contributed by atoms with Crippen molar-refractivity contribution in [3.63, 3.8) is 0 Å². The van der Waals surface area contributed by atoms with Crippen LogP contribution in [-0.4, -0.2) is 30.7 Å². The van der Waals surface area contributed by atoms with Gasteiger partial charge in [-0.05, 0) is 28.1 Å².